The Morgan fingerprint density at radius 2 is 1.94 bits per heavy atom. The fraction of sp³-hybridized carbons (Fsp3) is 0.417. The molecule has 6 heteroatoms. The van der Waals surface area contributed by atoms with Gasteiger partial charge in [0.2, 0.25) is 5.82 Å². The number of rotatable bonds is 2. The molecular weight excluding hydrogens is 228 g/mol. The van der Waals surface area contributed by atoms with Gasteiger partial charge in [-0.1, -0.05) is 0 Å². The third-order valence-corrected chi connectivity index (χ3v) is 3.18. The molecule has 0 aliphatic carbocycles. The molecule has 2 aromatic rings. The fourth-order valence-electron chi connectivity index (χ4n) is 2.21. The number of benzene rings is 1. The zero-order valence-corrected chi connectivity index (χ0v) is 10.1. The summed E-state index contributed by atoms with van der Waals surface area (Å²) in [6, 6.07) is 8.32. The molecule has 0 radical (unpaired) electrons. The number of tetrazole rings is 1. The molecule has 1 aromatic carbocycles. The Morgan fingerprint density at radius 3 is 2.72 bits per heavy atom. The molecule has 1 fully saturated rings. The minimum atomic E-state index is 0.638. The average molecular weight is 244 g/mol. The summed E-state index contributed by atoms with van der Waals surface area (Å²) < 4.78 is 0. The first-order chi connectivity index (χ1) is 8.93. The number of hydrogen-bond acceptors (Lipinski definition) is 5. The van der Waals surface area contributed by atoms with Crippen molar-refractivity contribution < 1.29 is 0 Å². The lowest BCUT2D eigenvalue weighted by Gasteiger charge is -2.22. The zero-order valence-electron chi connectivity index (χ0n) is 10.1. The van der Waals surface area contributed by atoms with Crippen molar-refractivity contribution >= 4 is 5.69 Å². The number of nitrogens with zero attached hydrogens (tertiary/aromatic N) is 4. The van der Waals surface area contributed by atoms with Crippen molar-refractivity contribution in [2.45, 2.75) is 6.42 Å². The summed E-state index contributed by atoms with van der Waals surface area (Å²) in [5.41, 5.74) is 2.24. The average Bonchev–Trinajstić information content (AvgIpc) is 2.82. The molecule has 1 aliphatic rings. The quantitative estimate of drug-likeness (QED) is 0.812. The Hall–Kier alpha value is -1.95. The normalized spacial score (nSPS) is 16.6. The van der Waals surface area contributed by atoms with Crippen molar-refractivity contribution in [3.05, 3.63) is 24.3 Å². The predicted octanol–water partition coefficient (Wildman–Crippen LogP) is 0.666. The van der Waals surface area contributed by atoms with Gasteiger partial charge in [-0.2, -0.15) is 5.21 Å². The molecule has 1 saturated heterocycles. The topological polar surface area (TPSA) is 69.7 Å². The largest absolute Gasteiger partial charge is 0.370 e. The molecule has 0 unspecified atom stereocenters. The summed E-state index contributed by atoms with van der Waals surface area (Å²) >= 11 is 0. The van der Waals surface area contributed by atoms with E-state index in [1.807, 2.05) is 12.1 Å². The molecule has 94 valence electrons. The molecule has 1 aromatic heterocycles. The predicted molar refractivity (Wildman–Crippen MR) is 69.3 cm³/mol. The van der Waals surface area contributed by atoms with Crippen LogP contribution in [0.3, 0.4) is 0 Å². The van der Waals surface area contributed by atoms with E-state index in [-0.39, 0.29) is 0 Å². The minimum Gasteiger partial charge on any atom is -0.370 e. The standard InChI is InChI=1S/C12H16N6/c1-6-13-7-9-18(8-1)11-4-2-10(3-5-11)12-14-16-17-15-12/h2-5,13H,1,6-9H2,(H,14,15,16,17). The van der Waals surface area contributed by atoms with Crippen LogP contribution in [0.5, 0.6) is 0 Å². The van der Waals surface area contributed by atoms with Gasteiger partial charge >= 0.3 is 0 Å². The Labute approximate surface area is 105 Å². The number of H-pyrrole nitrogens is 1. The molecule has 2 heterocycles. The summed E-state index contributed by atoms with van der Waals surface area (Å²) in [6.45, 7) is 4.32. The molecule has 0 saturated carbocycles. The number of aromatic nitrogens is 4. The summed E-state index contributed by atoms with van der Waals surface area (Å²) in [5, 5.41) is 17.4. The molecule has 0 bridgehead atoms. The molecule has 0 amide bonds. The maximum Gasteiger partial charge on any atom is 0.204 e. The van der Waals surface area contributed by atoms with Gasteiger partial charge in [0.1, 0.15) is 0 Å². The van der Waals surface area contributed by atoms with Crippen molar-refractivity contribution in [2.24, 2.45) is 0 Å². The first-order valence-electron chi connectivity index (χ1n) is 6.23. The van der Waals surface area contributed by atoms with Crippen LogP contribution in [-0.4, -0.2) is 46.8 Å². The summed E-state index contributed by atoms with van der Waals surface area (Å²) in [4.78, 5) is 2.40. The lowest BCUT2D eigenvalue weighted by atomic mass is 10.2. The van der Waals surface area contributed by atoms with E-state index >= 15 is 0 Å². The second-order valence-electron chi connectivity index (χ2n) is 4.37. The molecule has 18 heavy (non-hydrogen) atoms. The highest BCUT2D eigenvalue weighted by molar-refractivity contribution is 5.59. The Balaban J connectivity index is 1.78. The molecule has 0 spiro atoms. The second kappa shape index (κ2) is 5.14. The third kappa shape index (κ3) is 2.33. The smallest absolute Gasteiger partial charge is 0.204 e. The minimum absolute atomic E-state index is 0.638. The van der Waals surface area contributed by atoms with Crippen molar-refractivity contribution in [1.82, 2.24) is 25.9 Å². The number of hydrogen-bond donors (Lipinski definition) is 2. The highest BCUT2D eigenvalue weighted by Gasteiger charge is 2.10. The van der Waals surface area contributed by atoms with E-state index in [0.717, 1.165) is 31.7 Å². The highest BCUT2D eigenvalue weighted by atomic mass is 15.5. The lowest BCUT2D eigenvalue weighted by Crippen LogP contribution is -2.27. The van der Waals surface area contributed by atoms with Gasteiger partial charge in [-0.05, 0) is 42.4 Å². The Morgan fingerprint density at radius 1 is 1.06 bits per heavy atom. The monoisotopic (exact) mass is 244 g/mol. The van der Waals surface area contributed by atoms with Crippen molar-refractivity contribution in [2.75, 3.05) is 31.1 Å². The Kier molecular flexibility index (Phi) is 3.18. The second-order valence-corrected chi connectivity index (χ2v) is 4.37. The van der Waals surface area contributed by atoms with Crippen LogP contribution in [0, 0.1) is 0 Å². The fourth-order valence-corrected chi connectivity index (χ4v) is 2.21. The number of aromatic amines is 1. The van der Waals surface area contributed by atoms with Gasteiger partial charge in [-0.15, -0.1) is 10.2 Å². The summed E-state index contributed by atoms with van der Waals surface area (Å²) in [6.07, 6.45) is 1.19. The molecule has 3 rings (SSSR count). The van der Waals surface area contributed by atoms with Crippen molar-refractivity contribution in [3.8, 4) is 11.4 Å². The Bertz CT molecular complexity index is 470. The maximum absolute atomic E-state index is 3.97. The van der Waals surface area contributed by atoms with Crippen LogP contribution in [-0.2, 0) is 0 Å². The molecule has 2 N–H and O–H groups in total. The van der Waals surface area contributed by atoms with E-state index in [1.54, 1.807) is 0 Å². The first kappa shape index (κ1) is 11.2. The van der Waals surface area contributed by atoms with Gasteiger partial charge in [0.05, 0.1) is 0 Å². The molecule has 0 atom stereocenters. The van der Waals surface area contributed by atoms with E-state index in [2.05, 4.69) is 43.0 Å². The van der Waals surface area contributed by atoms with E-state index in [9.17, 15) is 0 Å². The highest BCUT2D eigenvalue weighted by Crippen LogP contribution is 2.20. The van der Waals surface area contributed by atoms with E-state index < -0.39 is 0 Å². The van der Waals surface area contributed by atoms with E-state index in [4.69, 9.17) is 0 Å². The molecule has 6 nitrogen and oxygen atoms in total. The van der Waals surface area contributed by atoms with Crippen molar-refractivity contribution in [1.29, 1.82) is 0 Å². The van der Waals surface area contributed by atoms with E-state index in [0.29, 0.717) is 5.82 Å². The first-order valence-corrected chi connectivity index (χ1v) is 6.23. The maximum atomic E-state index is 3.97. The van der Waals surface area contributed by atoms with Crippen molar-refractivity contribution in [3.63, 3.8) is 0 Å². The van der Waals surface area contributed by atoms with Crippen LogP contribution in [0.4, 0.5) is 5.69 Å². The van der Waals surface area contributed by atoms with E-state index in [1.165, 1.54) is 12.1 Å². The zero-order chi connectivity index (χ0) is 12.2. The lowest BCUT2D eigenvalue weighted by molar-refractivity contribution is 0.724. The van der Waals surface area contributed by atoms with Gasteiger partial charge in [0.25, 0.3) is 0 Å². The SMILES string of the molecule is c1cc(N2CCCNCC2)ccc1-c1nn[nH]n1. The van der Waals surface area contributed by atoms with Crippen LogP contribution >= 0.6 is 0 Å². The number of nitrogens with one attached hydrogen (secondary N) is 2. The molecular formula is C12H16N6. The van der Waals surface area contributed by atoms with Crippen LogP contribution in [0.15, 0.2) is 24.3 Å². The number of anilines is 1. The van der Waals surface area contributed by atoms with Gasteiger partial charge < -0.3 is 10.2 Å². The van der Waals surface area contributed by atoms with Gasteiger partial charge in [0, 0.05) is 30.9 Å². The third-order valence-electron chi connectivity index (χ3n) is 3.18. The summed E-state index contributed by atoms with van der Waals surface area (Å²) in [5.74, 6) is 0.638. The summed E-state index contributed by atoms with van der Waals surface area (Å²) in [7, 11) is 0. The van der Waals surface area contributed by atoms with Gasteiger partial charge in [-0.3, -0.25) is 0 Å². The van der Waals surface area contributed by atoms with Crippen LogP contribution in [0.25, 0.3) is 11.4 Å². The van der Waals surface area contributed by atoms with Crippen LogP contribution < -0.4 is 10.2 Å². The van der Waals surface area contributed by atoms with Gasteiger partial charge in [0.15, 0.2) is 0 Å². The van der Waals surface area contributed by atoms with Gasteiger partial charge in [-0.25, -0.2) is 0 Å². The van der Waals surface area contributed by atoms with Crippen LogP contribution in [0.1, 0.15) is 6.42 Å². The van der Waals surface area contributed by atoms with Crippen LogP contribution in [0.2, 0.25) is 0 Å². The molecule has 1 aliphatic heterocycles.